The second kappa shape index (κ2) is 10.8. The van der Waals surface area contributed by atoms with Crippen LogP contribution < -0.4 is 4.72 Å². The number of nitrogens with zero attached hydrogens (tertiary/aromatic N) is 3. The molecule has 6 nitrogen and oxygen atoms in total. The fourth-order valence-electron chi connectivity index (χ4n) is 2.80. The first-order chi connectivity index (χ1) is 13.0. The van der Waals surface area contributed by atoms with Gasteiger partial charge in [-0.25, -0.2) is 9.78 Å². The standard InChI is InChI=1S/C16H22N4O2S2.C3H8/c1-4-22-16(21)12-8-18-14(15-17-5-6-23-15)20-9-11(7-13(12)20)19-24-10(2)3;1-3-2/h5-6,10-11,19H,4,7-9H2,1-3H3;3H2,1-2H3. The highest BCUT2D eigenvalue weighted by atomic mass is 32.2. The van der Waals surface area contributed by atoms with Crippen LogP contribution in [-0.2, 0) is 9.53 Å². The zero-order chi connectivity index (χ0) is 19.8. The maximum absolute atomic E-state index is 12.3. The molecule has 3 heterocycles. The fraction of sp³-hybridized carbons (Fsp3) is 0.632. The molecule has 1 aromatic heterocycles. The van der Waals surface area contributed by atoms with Crippen LogP contribution in [0.25, 0.3) is 0 Å². The van der Waals surface area contributed by atoms with Crippen molar-refractivity contribution in [2.45, 2.75) is 58.8 Å². The Balaban J connectivity index is 0.000000817. The van der Waals surface area contributed by atoms with E-state index in [4.69, 9.17) is 4.74 Å². The number of fused-ring (bicyclic) bond motifs is 1. The van der Waals surface area contributed by atoms with Gasteiger partial charge in [0.05, 0.1) is 18.7 Å². The summed E-state index contributed by atoms with van der Waals surface area (Å²) in [4.78, 5) is 23.4. The third-order valence-electron chi connectivity index (χ3n) is 3.78. The van der Waals surface area contributed by atoms with E-state index in [0.717, 1.165) is 29.5 Å². The van der Waals surface area contributed by atoms with Gasteiger partial charge < -0.3 is 9.64 Å². The van der Waals surface area contributed by atoms with Crippen molar-refractivity contribution >= 4 is 35.1 Å². The van der Waals surface area contributed by atoms with E-state index in [9.17, 15) is 4.79 Å². The molecular weight excluding hydrogens is 380 g/mol. The van der Waals surface area contributed by atoms with Gasteiger partial charge in [-0.15, -0.1) is 11.3 Å². The van der Waals surface area contributed by atoms with Crippen LogP contribution in [0.15, 0.2) is 27.8 Å². The number of aromatic nitrogens is 1. The molecule has 0 aromatic carbocycles. The van der Waals surface area contributed by atoms with Gasteiger partial charge in [0.15, 0.2) is 10.8 Å². The van der Waals surface area contributed by atoms with E-state index < -0.39 is 0 Å². The van der Waals surface area contributed by atoms with Crippen LogP contribution in [0.4, 0.5) is 0 Å². The highest BCUT2D eigenvalue weighted by Gasteiger charge is 2.37. The highest BCUT2D eigenvalue weighted by Crippen LogP contribution is 2.32. The highest BCUT2D eigenvalue weighted by molar-refractivity contribution is 7.98. The molecule has 1 unspecified atom stereocenters. The predicted octanol–water partition coefficient (Wildman–Crippen LogP) is 3.86. The Kier molecular flexibility index (Phi) is 8.79. The molecule has 1 atom stereocenters. The number of ether oxygens (including phenoxy) is 1. The minimum atomic E-state index is -0.253. The van der Waals surface area contributed by atoms with Gasteiger partial charge in [0, 0.05) is 41.5 Å². The summed E-state index contributed by atoms with van der Waals surface area (Å²) in [7, 11) is 0. The Morgan fingerprint density at radius 1 is 1.44 bits per heavy atom. The van der Waals surface area contributed by atoms with Crippen molar-refractivity contribution < 1.29 is 9.53 Å². The van der Waals surface area contributed by atoms with Gasteiger partial charge in [0.1, 0.15) is 0 Å². The molecule has 1 saturated heterocycles. The second-order valence-corrected chi connectivity index (χ2v) is 8.93. The lowest BCUT2D eigenvalue weighted by atomic mass is 10.1. The number of rotatable bonds is 6. The van der Waals surface area contributed by atoms with Crippen LogP contribution in [0.1, 0.15) is 52.5 Å². The first-order valence-corrected chi connectivity index (χ1v) is 11.3. The summed E-state index contributed by atoms with van der Waals surface area (Å²) in [5, 5.41) is 3.35. The molecule has 3 rings (SSSR count). The first kappa shape index (κ1) is 21.9. The molecule has 2 aliphatic heterocycles. The van der Waals surface area contributed by atoms with E-state index in [1.807, 2.05) is 12.3 Å². The molecule has 0 amide bonds. The lowest BCUT2D eigenvalue weighted by molar-refractivity contribution is -0.138. The minimum Gasteiger partial charge on any atom is -0.463 e. The zero-order valence-corrected chi connectivity index (χ0v) is 18.5. The van der Waals surface area contributed by atoms with Gasteiger partial charge in [-0.3, -0.25) is 9.71 Å². The number of carbonyl (C=O) groups is 1. The van der Waals surface area contributed by atoms with E-state index in [1.54, 1.807) is 29.5 Å². The third-order valence-corrected chi connectivity index (χ3v) is 5.49. The van der Waals surface area contributed by atoms with Gasteiger partial charge in [-0.2, -0.15) is 0 Å². The van der Waals surface area contributed by atoms with Gasteiger partial charge in [-0.05, 0) is 6.92 Å². The number of aliphatic imine (C=N–C) groups is 1. The number of esters is 1. The molecule has 8 heteroatoms. The number of carbonyl (C=O) groups excluding carboxylic acids is 1. The van der Waals surface area contributed by atoms with Crippen molar-refractivity contribution in [3.63, 3.8) is 0 Å². The SMILES string of the molecule is CCC.CCOC(=O)C1=C2CC(NSC(C)C)CN2C(c2nccs2)=NC1. The van der Waals surface area contributed by atoms with E-state index in [-0.39, 0.29) is 12.0 Å². The van der Waals surface area contributed by atoms with Crippen LogP contribution in [0, 0.1) is 0 Å². The topological polar surface area (TPSA) is 66.8 Å². The second-order valence-electron chi connectivity index (χ2n) is 6.63. The van der Waals surface area contributed by atoms with Crippen molar-refractivity contribution in [2.24, 2.45) is 4.99 Å². The molecule has 150 valence electrons. The quantitative estimate of drug-likeness (QED) is 0.567. The van der Waals surface area contributed by atoms with E-state index in [0.29, 0.717) is 24.0 Å². The van der Waals surface area contributed by atoms with Crippen molar-refractivity contribution in [2.75, 3.05) is 19.7 Å². The van der Waals surface area contributed by atoms with Crippen molar-refractivity contribution in [3.8, 4) is 0 Å². The molecule has 0 spiro atoms. The number of amidine groups is 1. The summed E-state index contributed by atoms with van der Waals surface area (Å²) in [6, 6.07) is 0.278. The van der Waals surface area contributed by atoms with E-state index in [2.05, 4.69) is 47.3 Å². The van der Waals surface area contributed by atoms with Crippen LogP contribution in [0.3, 0.4) is 0 Å². The normalized spacial score (nSPS) is 18.8. The summed E-state index contributed by atoms with van der Waals surface area (Å²) >= 11 is 3.29. The summed E-state index contributed by atoms with van der Waals surface area (Å²) in [5.41, 5.74) is 1.70. The molecule has 27 heavy (non-hydrogen) atoms. The molecule has 2 aliphatic rings. The summed E-state index contributed by atoms with van der Waals surface area (Å²) in [6.07, 6.45) is 3.84. The van der Waals surface area contributed by atoms with Crippen LogP contribution >= 0.6 is 23.3 Å². The summed E-state index contributed by atoms with van der Waals surface area (Å²) in [5.74, 6) is 0.614. The maximum atomic E-state index is 12.3. The Morgan fingerprint density at radius 3 is 2.78 bits per heavy atom. The predicted molar refractivity (Wildman–Crippen MR) is 114 cm³/mol. The van der Waals surface area contributed by atoms with Gasteiger partial charge in [0.25, 0.3) is 0 Å². The zero-order valence-electron chi connectivity index (χ0n) is 16.8. The Bertz CT molecular complexity index is 671. The molecule has 1 N–H and O–H groups in total. The van der Waals surface area contributed by atoms with Crippen molar-refractivity contribution in [1.82, 2.24) is 14.6 Å². The lowest BCUT2D eigenvalue weighted by Gasteiger charge is -2.26. The molecule has 0 radical (unpaired) electrons. The van der Waals surface area contributed by atoms with Gasteiger partial charge >= 0.3 is 5.97 Å². The van der Waals surface area contributed by atoms with E-state index in [1.165, 1.54) is 6.42 Å². The molecule has 1 aromatic rings. The van der Waals surface area contributed by atoms with Gasteiger partial charge in [0.2, 0.25) is 0 Å². The molecule has 0 aliphatic carbocycles. The molecule has 1 fully saturated rings. The van der Waals surface area contributed by atoms with Gasteiger partial charge in [-0.1, -0.05) is 46.1 Å². The first-order valence-electron chi connectivity index (χ1n) is 9.53. The number of hydrogen-bond acceptors (Lipinski definition) is 8. The van der Waals surface area contributed by atoms with Crippen LogP contribution in [0.5, 0.6) is 0 Å². The van der Waals surface area contributed by atoms with Crippen LogP contribution in [0.2, 0.25) is 0 Å². The average molecular weight is 411 g/mol. The van der Waals surface area contributed by atoms with Crippen molar-refractivity contribution in [1.29, 1.82) is 0 Å². The molecule has 0 saturated carbocycles. The third kappa shape index (κ3) is 5.80. The smallest absolute Gasteiger partial charge is 0.337 e. The number of nitrogens with one attached hydrogen (secondary N) is 1. The Morgan fingerprint density at radius 2 is 2.19 bits per heavy atom. The molecule has 0 bridgehead atoms. The minimum absolute atomic E-state index is 0.253. The molecular formula is C19H30N4O2S2. The fourth-order valence-corrected chi connectivity index (χ4v) is 4.07. The average Bonchev–Trinajstić information content (AvgIpc) is 3.29. The van der Waals surface area contributed by atoms with E-state index >= 15 is 0 Å². The maximum Gasteiger partial charge on any atom is 0.337 e. The Hall–Kier alpha value is -1.38. The van der Waals surface area contributed by atoms with Crippen LogP contribution in [-0.4, -0.2) is 52.7 Å². The lowest BCUT2D eigenvalue weighted by Crippen LogP contribution is -2.36. The van der Waals surface area contributed by atoms with Crippen molar-refractivity contribution in [3.05, 3.63) is 27.9 Å². The summed E-state index contributed by atoms with van der Waals surface area (Å²) in [6.45, 7) is 11.9. The Labute approximate surface area is 170 Å². The monoisotopic (exact) mass is 410 g/mol. The largest absolute Gasteiger partial charge is 0.463 e. The number of hydrogen-bond donors (Lipinski definition) is 1. The number of thiazole rings is 1. The summed E-state index contributed by atoms with van der Waals surface area (Å²) < 4.78 is 8.73.